The lowest BCUT2D eigenvalue weighted by Gasteiger charge is -2.22. The van der Waals surface area contributed by atoms with Gasteiger partial charge in [-0.15, -0.1) is 0 Å². The smallest absolute Gasteiger partial charge is 0.170 e. The van der Waals surface area contributed by atoms with E-state index in [9.17, 15) is 0 Å². The van der Waals surface area contributed by atoms with E-state index in [0.29, 0.717) is 0 Å². The van der Waals surface area contributed by atoms with Crippen LogP contribution in [0.15, 0.2) is 42.5 Å². The van der Waals surface area contributed by atoms with Gasteiger partial charge in [-0.3, -0.25) is 0 Å². The fourth-order valence-corrected chi connectivity index (χ4v) is 3.32. The minimum absolute atomic E-state index is 0.0186. The van der Waals surface area contributed by atoms with E-state index in [4.69, 9.17) is 22.9 Å². The molecule has 0 amide bonds. The zero-order valence-electron chi connectivity index (χ0n) is 11.5. The van der Waals surface area contributed by atoms with Gasteiger partial charge in [-0.2, -0.15) is 22.9 Å². The summed E-state index contributed by atoms with van der Waals surface area (Å²) in [6, 6.07) is 14.6. The molecule has 19 heavy (non-hydrogen) atoms. The molecule has 1 atom stereocenters. The van der Waals surface area contributed by atoms with Crippen molar-refractivity contribution in [2.24, 2.45) is 0 Å². The summed E-state index contributed by atoms with van der Waals surface area (Å²) in [5.41, 5.74) is 5.71. The van der Waals surface area contributed by atoms with Crippen molar-refractivity contribution in [1.82, 2.24) is 0 Å². The van der Waals surface area contributed by atoms with E-state index < -0.39 is 5.54 Å². The molecule has 0 aliphatic carbocycles. The van der Waals surface area contributed by atoms with Crippen LogP contribution >= 0.6 is 22.9 Å². The Hall–Kier alpha value is -0.915. The van der Waals surface area contributed by atoms with Crippen LogP contribution in [0.5, 0.6) is 0 Å². The number of rotatable bonds is 3. The van der Waals surface area contributed by atoms with Crippen LogP contribution in [0.3, 0.4) is 0 Å². The summed E-state index contributed by atoms with van der Waals surface area (Å²) in [6.45, 7) is 6.36. The lowest BCUT2D eigenvalue weighted by Crippen LogP contribution is -2.16. The monoisotopic (exact) mass is 290 g/mol. The van der Waals surface area contributed by atoms with E-state index >= 15 is 0 Å². The molecule has 0 fully saturated rings. The Balaban J connectivity index is 2.58. The highest BCUT2D eigenvalue weighted by Crippen LogP contribution is 2.35. The van der Waals surface area contributed by atoms with Crippen LogP contribution in [0.1, 0.15) is 33.6 Å². The van der Waals surface area contributed by atoms with E-state index in [0.717, 1.165) is 5.56 Å². The van der Waals surface area contributed by atoms with Crippen molar-refractivity contribution in [1.29, 1.82) is 0 Å². The third-order valence-electron chi connectivity index (χ3n) is 3.46. The summed E-state index contributed by atoms with van der Waals surface area (Å²) in [7, 11) is 0. The van der Waals surface area contributed by atoms with Gasteiger partial charge in [-0.25, -0.2) is 0 Å². The van der Waals surface area contributed by atoms with Crippen LogP contribution in [0.4, 0.5) is 0 Å². The molecule has 0 N–H and O–H groups in total. The van der Waals surface area contributed by atoms with Crippen LogP contribution in [-0.2, 0) is 0 Å². The molecule has 0 radical (unpaired) electrons. The van der Waals surface area contributed by atoms with Crippen molar-refractivity contribution in [3.8, 4) is 0 Å². The fourth-order valence-electron chi connectivity index (χ4n) is 2.78. The highest BCUT2D eigenvalue weighted by Gasteiger charge is 2.28. The van der Waals surface area contributed by atoms with Crippen LogP contribution in [0.2, 0.25) is 0 Å². The van der Waals surface area contributed by atoms with Crippen LogP contribution < -0.4 is 0 Å². The van der Waals surface area contributed by atoms with Gasteiger partial charge in [-0.1, -0.05) is 48.0 Å². The van der Waals surface area contributed by atoms with Crippen molar-refractivity contribution < 1.29 is 0 Å². The Bertz CT molecular complexity index is 541. The van der Waals surface area contributed by atoms with Crippen molar-refractivity contribution in [2.45, 2.75) is 26.6 Å². The molecule has 0 heterocycles. The van der Waals surface area contributed by atoms with Gasteiger partial charge in [0.1, 0.15) is 0 Å². The average molecular weight is 291 g/mol. The first-order chi connectivity index (χ1) is 9.00. The maximum Gasteiger partial charge on any atom is 0.363 e. The molecule has 0 aromatic heterocycles. The summed E-state index contributed by atoms with van der Waals surface area (Å²) < 4.78 is 0. The second-order valence-corrected chi connectivity index (χ2v) is 6.20. The Morgan fingerprint density at radius 3 is 1.89 bits per heavy atom. The lowest BCUT2D eigenvalue weighted by atomic mass is 9.70. The van der Waals surface area contributed by atoms with E-state index in [2.05, 4.69) is 45.0 Å². The summed E-state index contributed by atoms with van der Waals surface area (Å²) in [6.07, 6.45) is 0. The molecule has 2 aromatic carbocycles. The van der Waals surface area contributed by atoms with Gasteiger partial charge in [0, 0.05) is 5.82 Å². The van der Waals surface area contributed by atoms with Crippen molar-refractivity contribution in [2.75, 3.05) is 0 Å². The molecular formula is C16H17BCl2. The predicted molar refractivity (Wildman–Crippen MR) is 86.4 cm³/mol. The van der Waals surface area contributed by atoms with E-state index in [1.165, 1.54) is 22.3 Å². The molecule has 3 heteroatoms. The molecule has 98 valence electrons. The van der Waals surface area contributed by atoms with Crippen molar-refractivity contribution >= 4 is 28.5 Å². The number of hydrogen-bond donors (Lipinski definition) is 0. The number of hydrogen-bond acceptors (Lipinski definition) is 0. The summed E-state index contributed by atoms with van der Waals surface area (Å²) in [4.78, 5) is 0. The third-order valence-corrected chi connectivity index (χ3v) is 3.96. The highest BCUT2D eigenvalue weighted by molar-refractivity contribution is 7.34. The van der Waals surface area contributed by atoms with Gasteiger partial charge < -0.3 is 0 Å². The van der Waals surface area contributed by atoms with E-state index in [-0.39, 0.29) is 5.82 Å². The zero-order chi connectivity index (χ0) is 14.0. The normalized spacial score (nSPS) is 12.3. The van der Waals surface area contributed by atoms with Crippen LogP contribution in [0, 0.1) is 20.8 Å². The predicted octanol–water partition coefficient (Wildman–Crippen LogP) is 5.25. The Labute approximate surface area is 125 Å². The molecule has 2 aromatic rings. The minimum Gasteiger partial charge on any atom is -0.170 e. The van der Waals surface area contributed by atoms with Gasteiger partial charge in [0.25, 0.3) is 0 Å². The molecule has 0 saturated carbocycles. The van der Waals surface area contributed by atoms with E-state index in [1.807, 2.05) is 18.2 Å². The molecule has 2 rings (SSSR count). The van der Waals surface area contributed by atoms with Crippen molar-refractivity contribution in [3.05, 3.63) is 70.3 Å². The maximum atomic E-state index is 6.26. The van der Waals surface area contributed by atoms with Crippen LogP contribution in [-0.4, -0.2) is 5.54 Å². The van der Waals surface area contributed by atoms with Gasteiger partial charge >= 0.3 is 5.54 Å². The molecule has 0 spiro atoms. The molecule has 0 aliphatic heterocycles. The molecule has 1 unspecified atom stereocenters. The molecular weight excluding hydrogens is 274 g/mol. The molecule has 0 aliphatic rings. The molecule has 0 saturated heterocycles. The average Bonchev–Trinajstić information content (AvgIpc) is 2.34. The molecule has 0 bridgehead atoms. The standard InChI is InChI=1S/C16H17BCl2/c1-11-9-12(2)15(13(3)10-11)16(17(18)19)14-7-5-4-6-8-14/h4-10,16H,1-3H3. The third kappa shape index (κ3) is 3.16. The first-order valence-corrected chi connectivity index (χ1v) is 7.29. The first kappa shape index (κ1) is 14.5. The second-order valence-electron chi connectivity index (χ2n) is 5.04. The number of halogens is 2. The number of aryl methyl sites for hydroxylation is 3. The van der Waals surface area contributed by atoms with Crippen LogP contribution in [0.25, 0.3) is 0 Å². The SMILES string of the molecule is Cc1cc(C)c(C(B(Cl)Cl)c2ccccc2)c(C)c1. The van der Waals surface area contributed by atoms with E-state index in [1.54, 1.807) is 0 Å². The Morgan fingerprint density at radius 2 is 1.42 bits per heavy atom. The largest absolute Gasteiger partial charge is 0.363 e. The lowest BCUT2D eigenvalue weighted by molar-refractivity contribution is 1.07. The first-order valence-electron chi connectivity index (χ1n) is 6.41. The molecule has 0 nitrogen and oxygen atoms in total. The summed E-state index contributed by atoms with van der Waals surface area (Å²) in [5.74, 6) is 0.0186. The van der Waals surface area contributed by atoms with Gasteiger partial charge in [0.2, 0.25) is 0 Å². The maximum absolute atomic E-state index is 6.26. The summed E-state index contributed by atoms with van der Waals surface area (Å²) in [5, 5.41) is 0. The number of benzene rings is 2. The highest BCUT2D eigenvalue weighted by atomic mass is 35.5. The minimum atomic E-state index is -0.456. The second kappa shape index (κ2) is 6.03. The Kier molecular flexibility index (Phi) is 4.60. The van der Waals surface area contributed by atoms with Crippen molar-refractivity contribution in [3.63, 3.8) is 0 Å². The van der Waals surface area contributed by atoms with Gasteiger partial charge in [0.05, 0.1) is 0 Å². The zero-order valence-corrected chi connectivity index (χ0v) is 13.0. The quantitative estimate of drug-likeness (QED) is 0.678. The summed E-state index contributed by atoms with van der Waals surface area (Å²) >= 11 is 12.5. The topological polar surface area (TPSA) is 0 Å². The Morgan fingerprint density at radius 1 is 0.895 bits per heavy atom. The fraction of sp³-hybridized carbons (Fsp3) is 0.250. The van der Waals surface area contributed by atoms with Gasteiger partial charge in [-0.05, 0) is 43.0 Å². The van der Waals surface area contributed by atoms with Gasteiger partial charge in [0.15, 0.2) is 0 Å².